The molecule has 4 nitrogen and oxygen atoms in total. The average Bonchev–Trinajstić information content (AvgIpc) is 2.87. The van der Waals surface area contributed by atoms with Gasteiger partial charge in [-0.05, 0) is 19.1 Å². The molecule has 8 heteroatoms. The highest BCUT2D eigenvalue weighted by Gasteiger charge is 2.10. The predicted octanol–water partition coefficient (Wildman–Crippen LogP) is 3.88. The summed E-state index contributed by atoms with van der Waals surface area (Å²) in [5.41, 5.74) is 5.66. The largest absolute Gasteiger partial charge is 0.370 e. The number of hydrogen-bond acceptors (Lipinski definition) is 3. The van der Waals surface area contributed by atoms with Gasteiger partial charge in [-0.25, -0.2) is 13.8 Å². The van der Waals surface area contributed by atoms with Gasteiger partial charge in [-0.2, -0.15) is 0 Å². The van der Waals surface area contributed by atoms with Gasteiger partial charge in [-0.15, -0.1) is 35.3 Å². The van der Waals surface area contributed by atoms with Gasteiger partial charge in [0.1, 0.15) is 11.6 Å². The summed E-state index contributed by atoms with van der Waals surface area (Å²) in [6, 6.07) is 3.11. The molecule has 0 fully saturated rings. The van der Waals surface area contributed by atoms with Crippen LogP contribution in [0.1, 0.15) is 22.7 Å². The fourth-order valence-electron chi connectivity index (χ4n) is 1.68. The molecule has 0 aliphatic heterocycles. The summed E-state index contributed by atoms with van der Waals surface area (Å²) < 4.78 is 26.5. The van der Waals surface area contributed by atoms with Crippen LogP contribution in [0, 0.1) is 18.6 Å². The minimum absolute atomic E-state index is 0. The Hall–Kier alpha value is -1.29. The number of benzene rings is 1. The van der Waals surface area contributed by atoms with Crippen molar-refractivity contribution >= 4 is 47.0 Å². The third-order valence-corrected chi connectivity index (χ3v) is 3.93. The summed E-state index contributed by atoms with van der Waals surface area (Å²) in [5.74, 6) is -0.975. The first kappa shape index (κ1) is 18.8. The molecule has 0 radical (unpaired) electrons. The monoisotopic (exact) mass is 438 g/mol. The Kier molecular flexibility index (Phi) is 7.14. The molecule has 1 atom stereocenters. The molecule has 0 bridgehead atoms. The molecule has 0 aliphatic rings. The van der Waals surface area contributed by atoms with Crippen molar-refractivity contribution in [2.45, 2.75) is 19.8 Å². The second-order valence-corrected chi connectivity index (χ2v) is 5.95. The van der Waals surface area contributed by atoms with Crippen LogP contribution in [0.2, 0.25) is 0 Å². The molecule has 1 unspecified atom stereocenters. The smallest absolute Gasteiger partial charge is 0.193 e. The van der Waals surface area contributed by atoms with Gasteiger partial charge >= 0.3 is 0 Å². The van der Waals surface area contributed by atoms with Gasteiger partial charge in [0.2, 0.25) is 0 Å². The van der Waals surface area contributed by atoms with E-state index in [-0.39, 0.29) is 41.5 Å². The standard InChI is InChI=1S/C14H16F2N4S.HI/c1-8(13-18-7-9(2)21-13)6-19-14(17)20-12-5-10(15)3-4-11(12)16;/h3-5,7-8H,6H2,1-2H3,(H3,17,19,20);1H. The van der Waals surface area contributed by atoms with Crippen molar-refractivity contribution in [3.05, 3.63) is 45.9 Å². The van der Waals surface area contributed by atoms with E-state index in [1.54, 1.807) is 11.3 Å². The molecular formula is C14H17F2IN4S. The lowest BCUT2D eigenvalue weighted by atomic mass is 10.2. The van der Waals surface area contributed by atoms with E-state index in [0.29, 0.717) is 6.54 Å². The number of aryl methyl sites for hydroxylation is 1. The SMILES string of the molecule is Cc1cnc(C(C)CN=C(N)Nc2cc(F)ccc2F)s1.I. The number of rotatable bonds is 4. The van der Waals surface area contributed by atoms with Crippen molar-refractivity contribution in [3.8, 4) is 0 Å². The van der Waals surface area contributed by atoms with E-state index in [4.69, 9.17) is 5.73 Å². The van der Waals surface area contributed by atoms with Crippen LogP contribution in [-0.4, -0.2) is 17.5 Å². The van der Waals surface area contributed by atoms with Gasteiger partial charge in [0.25, 0.3) is 0 Å². The predicted molar refractivity (Wildman–Crippen MR) is 97.2 cm³/mol. The second-order valence-electron chi connectivity index (χ2n) is 4.69. The highest BCUT2D eigenvalue weighted by atomic mass is 127. The molecular weight excluding hydrogens is 421 g/mol. The van der Waals surface area contributed by atoms with E-state index in [0.717, 1.165) is 28.1 Å². The lowest BCUT2D eigenvalue weighted by Gasteiger charge is -2.08. The fourth-order valence-corrected chi connectivity index (χ4v) is 2.50. The van der Waals surface area contributed by atoms with Crippen molar-refractivity contribution in [1.29, 1.82) is 0 Å². The first-order valence-corrected chi connectivity index (χ1v) is 7.21. The Balaban J connectivity index is 0.00000242. The van der Waals surface area contributed by atoms with Gasteiger partial charge in [-0.3, -0.25) is 4.99 Å². The van der Waals surface area contributed by atoms with Gasteiger partial charge in [-0.1, -0.05) is 6.92 Å². The maximum atomic E-state index is 13.4. The molecule has 22 heavy (non-hydrogen) atoms. The fraction of sp³-hybridized carbons (Fsp3) is 0.286. The Labute approximate surface area is 148 Å². The number of aromatic nitrogens is 1. The summed E-state index contributed by atoms with van der Waals surface area (Å²) in [5, 5.41) is 3.53. The van der Waals surface area contributed by atoms with Crippen molar-refractivity contribution < 1.29 is 8.78 Å². The lowest BCUT2D eigenvalue weighted by molar-refractivity contribution is 0.604. The van der Waals surface area contributed by atoms with E-state index >= 15 is 0 Å². The van der Waals surface area contributed by atoms with Crippen LogP contribution in [-0.2, 0) is 0 Å². The Morgan fingerprint density at radius 1 is 1.45 bits per heavy atom. The second kappa shape index (κ2) is 8.37. The third-order valence-electron chi connectivity index (χ3n) is 2.79. The zero-order chi connectivity index (χ0) is 15.4. The van der Waals surface area contributed by atoms with Gasteiger partial charge in [0.15, 0.2) is 5.96 Å². The number of nitrogens with zero attached hydrogens (tertiary/aromatic N) is 2. The highest BCUT2D eigenvalue weighted by molar-refractivity contribution is 14.0. The number of guanidine groups is 1. The van der Waals surface area contributed by atoms with Crippen LogP contribution in [0.15, 0.2) is 29.4 Å². The van der Waals surface area contributed by atoms with Crippen molar-refractivity contribution in [1.82, 2.24) is 4.98 Å². The molecule has 2 rings (SSSR count). The maximum Gasteiger partial charge on any atom is 0.193 e. The lowest BCUT2D eigenvalue weighted by Crippen LogP contribution is -2.24. The summed E-state index contributed by atoms with van der Waals surface area (Å²) in [6.45, 7) is 4.39. The Morgan fingerprint density at radius 2 is 2.18 bits per heavy atom. The minimum Gasteiger partial charge on any atom is -0.370 e. The van der Waals surface area contributed by atoms with Crippen LogP contribution in [0.25, 0.3) is 0 Å². The molecule has 2 aromatic rings. The normalized spacial score (nSPS) is 12.6. The van der Waals surface area contributed by atoms with Crippen molar-refractivity contribution in [2.24, 2.45) is 10.7 Å². The molecule has 0 saturated carbocycles. The molecule has 120 valence electrons. The van der Waals surface area contributed by atoms with Crippen LogP contribution >= 0.6 is 35.3 Å². The zero-order valence-corrected chi connectivity index (χ0v) is 15.3. The van der Waals surface area contributed by atoms with E-state index in [1.807, 2.05) is 20.0 Å². The Bertz CT molecular complexity index is 660. The van der Waals surface area contributed by atoms with E-state index in [1.165, 1.54) is 0 Å². The summed E-state index contributed by atoms with van der Waals surface area (Å²) in [4.78, 5) is 9.55. The Morgan fingerprint density at radius 3 is 2.82 bits per heavy atom. The molecule has 1 heterocycles. The quantitative estimate of drug-likeness (QED) is 0.433. The van der Waals surface area contributed by atoms with E-state index in [9.17, 15) is 8.78 Å². The molecule has 0 spiro atoms. The molecule has 1 aromatic carbocycles. The first-order valence-electron chi connectivity index (χ1n) is 6.40. The highest BCUT2D eigenvalue weighted by Crippen LogP contribution is 2.21. The average molecular weight is 438 g/mol. The van der Waals surface area contributed by atoms with Crippen molar-refractivity contribution in [3.63, 3.8) is 0 Å². The number of halogens is 3. The molecule has 0 amide bonds. The number of anilines is 1. The number of nitrogens with two attached hydrogens (primary N) is 1. The molecule has 0 saturated heterocycles. The first-order chi connectivity index (χ1) is 9.95. The van der Waals surface area contributed by atoms with Crippen LogP contribution < -0.4 is 11.1 Å². The molecule has 0 aliphatic carbocycles. The topological polar surface area (TPSA) is 63.3 Å². The number of aliphatic imine (C=N–C) groups is 1. The van der Waals surface area contributed by atoms with Gasteiger partial charge in [0, 0.05) is 23.1 Å². The summed E-state index contributed by atoms with van der Waals surface area (Å²) >= 11 is 1.60. The minimum atomic E-state index is -0.585. The van der Waals surface area contributed by atoms with E-state index < -0.39 is 11.6 Å². The zero-order valence-electron chi connectivity index (χ0n) is 12.1. The summed E-state index contributed by atoms with van der Waals surface area (Å²) in [6.07, 6.45) is 1.81. The van der Waals surface area contributed by atoms with Crippen LogP contribution in [0.4, 0.5) is 14.5 Å². The van der Waals surface area contributed by atoms with E-state index in [2.05, 4.69) is 15.3 Å². The van der Waals surface area contributed by atoms with Crippen LogP contribution in [0.3, 0.4) is 0 Å². The summed E-state index contributed by atoms with van der Waals surface area (Å²) in [7, 11) is 0. The number of hydrogen-bond donors (Lipinski definition) is 2. The van der Waals surface area contributed by atoms with Crippen LogP contribution in [0.5, 0.6) is 0 Å². The molecule has 1 aromatic heterocycles. The van der Waals surface area contributed by atoms with Gasteiger partial charge < -0.3 is 11.1 Å². The van der Waals surface area contributed by atoms with Gasteiger partial charge in [0.05, 0.1) is 17.2 Å². The van der Waals surface area contributed by atoms with Crippen molar-refractivity contribution in [2.75, 3.05) is 11.9 Å². The molecule has 3 N–H and O–H groups in total. The maximum absolute atomic E-state index is 13.4. The third kappa shape index (κ3) is 5.16. The number of thiazole rings is 1. The number of nitrogens with one attached hydrogen (secondary N) is 1.